The van der Waals surface area contributed by atoms with Crippen LogP contribution in [-0.2, 0) is 21.5 Å². The van der Waals surface area contributed by atoms with E-state index in [-0.39, 0.29) is 31.3 Å². The summed E-state index contributed by atoms with van der Waals surface area (Å²) in [5.74, 6) is -0.283. The van der Waals surface area contributed by atoms with Crippen molar-refractivity contribution in [1.82, 2.24) is 14.3 Å². The van der Waals surface area contributed by atoms with Crippen LogP contribution in [0.4, 0.5) is 13.2 Å². The lowest BCUT2D eigenvalue weighted by atomic mass is 10.1. The predicted molar refractivity (Wildman–Crippen MR) is 105 cm³/mol. The van der Waals surface area contributed by atoms with Crippen LogP contribution in [0.5, 0.6) is 5.75 Å². The molecule has 0 saturated carbocycles. The fourth-order valence-corrected chi connectivity index (χ4v) is 3.79. The number of nitrogens with one attached hydrogen (secondary N) is 2. The number of sulfonamides is 1. The molecule has 0 aliphatic heterocycles. The van der Waals surface area contributed by atoms with Crippen molar-refractivity contribution >= 4 is 10.0 Å². The number of aromatic nitrogens is 2. The van der Waals surface area contributed by atoms with E-state index in [2.05, 4.69) is 14.4 Å². The molecule has 0 radical (unpaired) electrons. The Kier molecular flexibility index (Phi) is 8.42. The molecule has 0 aliphatic rings. The van der Waals surface area contributed by atoms with Gasteiger partial charge in [-0.05, 0) is 31.0 Å². The van der Waals surface area contributed by atoms with Gasteiger partial charge in [0.15, 0.2) is 6.61 Å². The summed E-state index contributed by atoms with van der Waals surface area (Å²) in [7, 11) is -3.70. The van der Waals surface area contributed by atoms with Crippen LogP contribution < -0.4 is 20.7 Å². The number of hydrogen-bond donors (Lipinski definition) is 2. The van der Waals surface area contributed by atoms with Crippen LogP contribution in [0.3, 0.4) is 0 Å². The first-order chi connectivity index (χ1) is 14.5. The van der Waals surface area contributed by atoms with E-state index in [4.69, 9.17) is 4.74 Å². The number of rotatable bonds is 11. The maximum Gasteiger partial charge on any atom is 0.422 e. The van der Waals surface area contributed by atoms with Gasteiger partial charge < -0.3 is 9.47 Å². The third kappa shape index (κ3) is 8.94. The first kappa shape index (κ1) is 24.6. The number of ether oxygens (including phenoxy) is 2. The zero-order chi connectivity index (χ0) is 23.1. The van der Waals surface area contributed by atoms with E-state index in [1.165, 1.54) is 24.4 Å². The van der Waals surface area contributed by atoms with Gasteiger partial charge in [-0.2, -0.15) is 13.2 Å². The third-order valence-corrected chi connectivity index (χ3v) is 5.48. The SMILES string of the molecule is CC(NS(=O)(=O)CCCOCn1ccc(=O)[nH]c1=O)c1cccc(OCC(F)(F)F)c1. The van der Waals surface area contributed by atoms with Gasteiger partial charge >= 0.3 is 11.9 Å². The van der Waals surface area contributed by atoms with E-state index in [0.29, 0.717) is 5.56 Å². The summed E-state index contributed by atoms with van der Waals surface area (Å²) in [5, 5.41) is 0. The zero-order valence-corrected chi connectivity index (χ0v) is 17.3. The van der Waals surface area contributed by atoms with Crippen molar-refractivity contribution in [3.63, 3.8) is 0 Å². The van der Waals surface area contributed by atoms with Gasteiger partial charge in [0, 0.05) is 24.9 Å². The molecule has 1 aromatic heterocycles. The summed E-state index contributed by atoms with van der Waals surface area (Å²) in [6, 6.07) is 6.19. The Morgan fingerprint density at radius 1 is 1.23 bits per heavy atom. The first-order valence-corrected chi connectivity index (χ1v) is 10.8. The van der Waals surface area contributed by atoms with Gasteiger partial charge in [-0.15, -0.1) is 0 Å². The summed E-state index contributed by atoms with van der Waals surface area (Å²) in [6.07, 6.45) is -3.08. The van der Waals surface area contributed by atoms with E-state index in [1.54, 1.807) is 13.0 Å². The van der Waals surface area contributed by atoms with Gasteiger partial charge in [0.05, 0.1) is 5.75 Å². The number of aromatic amines is 1. The van der Waals surface area contributed by atoms with Crippen LogP contribution in [0, 0.1) is 0 Å². The summed E-state index contributed by atoms with van der Waals surface area (Å²) >= 11 is 0. The Balaban J connectivity index is 1.81. The fraction of sp³-hybridized carbons (Fsp3) is 0.444. The summed E-state index contributed by atoms with van der Waals surface area (Å²) in [6.45, 7) is 0.00704. The molecule has 0 spiro atoms. The van der Waals surface area contributed by atoms with E-state index in [1.807, 2.05) is 0 Å². The molecule has 172 valence electrons. The minimum atomic E-state index is -4.48. The Bertz CT molecular complexity index is 1080. The molecular weight excluding hydrogens is 443 g/mol. The number of H-pyrrole nitrogens is 1. The maximum atomic E-state index is 12.3. The first-order valence-electron chi connectivity index (χ1n) is 9.12. The van der Waals surface area contributed by atoms with Crippen molar-refractivity contribution < 1.29 is 31.1 Å². The highest BCUT2D eigenvalue weighted by Crippen LogP contribution is 2.22. The van der Waals surface area contributed by atoms with Gasteiger partial charge in [-0.1, -0.05) is 12.1 Å². The monoisotopic (exact) mass is 465 g/mol. The smallest absolute Gasteiger partial charge is 0.422 e. The number of alkyl halides is 3. The fourth-order valence-electron chi connectivity index (χ4n) is 2.49. The molecule has 1 atom stereocenters. The molecule has 9 nitrogen and oxygen atoms in total. The quantitative estimate of drug-likeness (QED) is 0.486. The lowest BCUT2D eigenvalue weighted by Crippen LogP contribution is -2.30. The number of benzene rings is 1. The van der Waals surface area contributed by atoms with Crippen LogP contribution in [-0.4, -0.2) is 43.1 Å². The van der Waals surface area contributed by atoms with Crippen molar-refractivity contribution in [3.8, 4) is 5.75 Å². The van der Waals surface area contributed by atoms with Gasteiger partial charge in [0.25, 0.3) is 5.56 Å². The van der Waals surface area contributed by atoms with Crippen molar-refractivity contribution in [2.24, 2.45) is 0 Å². The molecule has 0 fully saturated rings. The lowest BCUT2D eigenvalue weighted by molar-refractivity contribution is -0.153. The van der Waals surface area contributed by atoms with Crippen LogP contribution in [0.25, 0.3) is 0 Å². The summed E-state index contributed by atoms with van der Waals surface area (Å²) < 4.78 is 74.8. The molecule has 0 bridgehead atoms. The highest BCUT2D eigenvalue weighted by atomic mass is 32.2. The topological polar surface area (TPSA) is 119 Å². The largest absolute Gasteiger partial charge is 0.484 e. The molecule has 0 amide bonds. The maximum absolute atomic E-state index is 12.3. The number of nitrogens with zero attached hydrogens (tertiary/aromatic N) is 1. The minimum absolute atomic E-state index is 0.0215. The second-order valence-electron chi connectivity index (χ2n) is 6.61. The molecular formula is C18H22F3N3O6S. The Hall–Kier alpha value is -2.64. The molecule has 13 heteroatoms. The molecule has 0 saturated heterocycles. The highest BCUT2D eigenvalue weighted by molar-refractivity contribution is 7.89. The van der Waals surface area contributed by atoms with E-state index in [0.717, 1.165) is 10.6 Å². The molecule has 2 rings (SSSR count). The average molecular weight is 465 g/mol. The Labute approximate surface area is 175 Å². The van der Waals surface area contributed by atoms with Crippen molar-refractivity contribution in [3.05, 3.63) is 62.9 Å². The van der Waals surface area contributed by atoms with Gasteiger partial charge in [0.1, 0.15) is 12.5 Å². The molecule has 0 aliphatic carbocycles. The van der Waals surface area contributed by atoms with Crippen LogP contribution >= 0.6 is 0 Å². The van der Waals surface area contributed by atoms with Crippen molar-refractivity contribution in [2.45, 2.75) is 32.3 Å². The Morgan fingerprint density at radius 2 is 1.97 bits per heavy atom. The second kappa shape index (κ2) is 10.6. The van der Waals surface area contributed by atoms with Crippen LogP contribution in [0.2, 0.25) is 0 Å². The van der Waals surface area contributed by atoms with Crippen LogP contribution in [0.1, 0.15) is 24.9 Å². The highest BCUT2D eigenvalue weighted by Gasteiger charge is 2.28. The molecule has 1 unspecified atom stereocenters. The third-order valence-electron chi connectivity index (χ3n) is 3.95. The normalized spacial score (nSPS) is 13.2. The predicted octanol–water partition coefficient (Wildman–Crippen LogP) is 1.52. The molecule has 2 N–H and O–H groups in total. The van der Waals surface area contributed by atoms with Gasteiger partial charge in [-0.3, -0.25) is 14.3 Å². The second-order valence-corrected chi connectivity index (χ2v) is 8.48. The molecule has 1 heterocycles. The summed E-state index contributed by atoms with van der Waals surface area (Å²) in [4.78, 5) is 24.5. The van der Waals surface area contributed by atoms with Crippen LogP contribution in [0.15, 0.2) is 46.1 Å². The number of hydrogen-bond acceptors (Lipinski definition) is 6. The summed E-state index contributed by atoms with van der Waals surface area (Å²) in [5.41, 5.74) is -0.737. The van der Waals surface area contributed by atoms with E-state index in [9.17, 15) is 31.2 Å². The zero-order valence-electron chi connectivity index (χ0n) is 16.5. The van der Waals surface area contributed by atoms with E-state index < -0.39 is 40.1 Å². The molecule has 31 heavy (non-hydrogen) atoms. The standard InChI is InChI=1S/C18H22F3N3O6S/c1-13(14-4-2-5-15(10-14)30-11-18(19,20)21)23-31(27,28)9-3-8-29-12-24-7-6-16(25)22-17(24)26/h2,4-7,10,13,23H,3,8-9,11-12H2,1H3,(H,22,25,26). The Morgan fingerprint density at radius 3 is 2.65 bits per heavy atom. The van der Waals surface area contributed by atoms with Crippen molar-refractivity contribution in [2.75, 3.05) is 19.0 Å². The minimum Gasteiger partial charge on any atom is -0.484 e. The number of halogens is 3. The van der Waals surface area contributed by atoms with Gasteiger partial charge in [-0.25, -0.2) is 17.9 Å². The lowest BCUT2D eigenvalue weighted by Gasteiger charge is -2.16. The molecule has 1 aromatic carbocycles. The van der Waals surface area contributed by atoms with Gasteiger partial charge in [0.2, 0.25) is 10.0 Å². The average Bonchev–Trinajstić information content (AvgIpc) is 2.67. The molecule has 2 aromatic rings. The van der Waals surface area contributed by atoms with E-state index >= 15 is 0 Å². The van der Waals surface area contributed by atoms with Crippen molar-refractivity contribution in [1.29, 1.82) is 0 Å².